The Morgan fingerprint density at radius 1 is 1.42 bits per heavy atom. The van der Waals surface area contributed by atoms with Gasteiger partial charge in [-0.1, -0.05) is 28.9 Å². The molecular formula is C13H18BrN5. The first-order chi connectivity index (χ1) is 9.15. The number of aromatic nitrogens is 4. The van der Waals surface area contributed by atoms with Crippen LogP contribution in [0.3, 0.4) is 0 Å². The molecule has 1 N–H and O–H groups in total. The molecule has 0 aliphatic carbocycles. The molecular weight excluding hydrogens is 306 g/mol. The Bertz CT molecular complexity index is 552. The van der Waals surface area contributed by atoms with Gasteiger partial charge in [-0.2, -0.15) is 4.68 Å². The van der Waals surface area contributed by atoms with Gasteiger partial charge in [-0.05, 0) is 54.9 Å². The zero-order valence-electron chi connectivity index (χ0n) is 11.4. The van der Waals surface area contributed by atoms with Gasteiger partial charge in [-0.25, -0.2) is 0 Å². The maximum atomic E-state index is 4.14. The van der Waals surface area contributed by atoms with Gasteiger partial charge in [-0.15, -0.1) is 5.10 Å². The Kier molecular flexibility index (Phi) is 4.66. The van der Waals surface area contributed by atoms with Gasteiger partial charge in [-0.3, -0.25) is 0 Å². The van der Waals surface area contributed by atoms with E-state index in [1.165, 1.54) is 0 Å². The van der Waals surface area contributed by atoms with Crippen LogP contribution in [0.5, 0.6) is 0 Å². The summed E-state index contributed by atoms with van der Waals surface area (Å²) in [5.41, 5.74) is 2.12. The maximum Gasteiger partial charge on any atom is 0.173 e. The summed E-state index contributed by atoms with van der Waals surface area (Å²) in [6.07, 6.45) is 1.09. The van der Waals surface area contributed by atoms with E-state index in [1.807, 2.05) is 18.2 Å². The van der Waals surface area contributed by atoms with Gasteiger partial charge in [0.25, 0.3) is 0 Å². The molecule has 0 saturated carbocycles. The SMILES string of the molecule is CCCNC(C)c1nnnn1-c1cccc(Br)c1C. The molecule has 0 aliphatic heterocycles. The van der Waals surface area contributed by atoms with Gasteiger partial charge in [0.15, 0.2) is 5.82 Å². The topological polar surface area (TPSA) is 55.6 Å². The molecule has 0 bridgehead atoms. The fourth-order valence-electron chi connectivity index (χ4n) is 1.91. The number of hydrogen-bond donors (Lipinski definition) is 1. The van der Waals surface area contributed by atoms with Crippen molar-refractivity contribution in [2.45, 2.75) is 33.2 Å². The zero-order chi connectivity index (χ0) is 13.8. The maximum absolute atomic E-state index is 4.14. The molecule has 0 aliphatic rings. The van der Waals surface area contributed by atoms with Gasteiger partial charge in [0.05, 0.1) is 11.7 Å². The van der Waals surface area contributed by atoms with E-state index < -0.39 is 0 Å². The molecule has 0 spiro atoms. The fraction of sp³-hybridized carbons (Fsp3) is 0.462. The average molecular weight is 324 g/mol. The van der Waals surface area contributed by atoms with E-state index in [-0.39, 0.29) is 6.04 Å². The van der Waals surface area contributed by atoms with Crippen LogP contribution in [-0.4, -0.2) is 26.8 Å². The Morgan fingerprint density at radius 3 is 2.95 bits per heavy atom. The number of benzene rings is 1. The van der Waals surface area contributed by atoms with Crippen molar-refractivity contribution in [2.24, 2.45) is 0 Å². The number of rotatable bonds is 5. The van der Waals surface area contributed by atoms with Crippen LogP contribution in [0.1, 0.15) is 37.7 Å². The minimum absolute atomic E-state index is 0.119. The highest BCUT2D eigenvalue weighted by molar-refractivity contribution is 9.10. The van der Waals surface area contributed by atoms with Crippen molar-refractivity contribution in [1.29, 1.82) is 0 Å². The molecule has 0 amide bonds. The lowest BCUT2D eigenvalue weighted by Gasteiger charge is -2.14. The van der Waals surface area contributed by atoms with Gasteiger partial charge < -0.3 is 5.32 Å². The van der Waals surface area contributed by atoms with Crippen LogP contribution in [0.25, 0.3) is 5.69 Å². The molecule has 1 aromatic carbocycles. The fourth-order valence-corrected chi connectivity index (χ4v) is 2.27. The third-order valence-electron chi connectivity index (χ3n) is 3.05. The predicted octanol–water partition coefficient (Wildman–Crippen LogP) is 2.79. The molecule has 2 rings (SSSR count). The highest BCUT2D eigenvalue weighted by atomic mass is 79.9. The number of halogens is 1. The summed E-state index contributed by atoms with van der Waals surface area (Å²) in [6.45, 7) is 7.22. The molecule has 0 radical (unpaired) electrons. The van der Waals surface area contributed by atoms with Crippen LogP contribution in [0.4, 0.5) is 0 Å². The highest BCUT2D eigenvalue weighted by Gasteiger charge is 2.16. The molecule has 2 aromatic rings. The number of nitrogens with zero attached hydrogens (tertiary/aromatic N) is 4. The largest absolute Gasteiger partial charge is 0.307 e. The second-order valence-electron chi connectivity index (χ2n) is 4.51. The van der Waals surface area contributed by atoms with Crippen molar-refractivity contribution >= 4 is 15.9 Å². The molecule has 6 heteroatoms. The van der Waals surface area contributed by atoms with E-state index in [2.05, 4.69) is 57.5 Å². The summed E-state index contributed by atoms with van der Waals surface area (Å²) in [7, 11) is 0. The van der Waals surface area contributed by atoms with Crippen LogP contribution in [0, 0.1) is 6.92 Å². The molecule has 102 valence electrons. The van der Waals surface area contributed by atoms with Crippen LogP contribution in [-0.2, 0) is 0 Å². The van der Waals surface area contributed by atoms with Crippen LogP contribution < -0.4 is 5.32 Å². The second-order valence-corrected chi connectivity index (χ2v) is 5.36. The molecule has 19 heavy (non-hydrogen) atoms. The van der Waals surface area contributed by atoms with Gasteiger partial charge in [0.1, 0.15) is 0 Å². The van der Waals surface area contributed by atoms with Gasteiger partial charge in [0, 0.05) is 4.47 Å². The van der Waals surface area contributed by atoms with Crippen LogP contribution in [0.15, 0.2) is 22.7 Å². The Labute approximate surface area is 121 Å². The second kappa shape index (κ2) is 6.25. The van der Waals surface area contributed by atoms with Crippen molar-refractivity contribution in [2.75, 3.05) is 6.54 Å². The number of nitrogens with one attached hydrogen (secondary N) is 1. The summed E-state index contributed by atoms with van der Waals surface area (Å²) in [4.78, 5) is 0. The van der Waals surface area contributed by atoms with Crippen molar-refractivity contribution < 1.29 is 0 Å². The van der Waals surface area contributed by atoms with Gasteiger partial charge in [0.2, 0.25) is 0 Å². The number of tetrazole rings is 1. The Balaban J connectivity index is 2.36. The quantitative estimate of drug-likeness (QED) is 0.919. The predicted molar refractivity (Wildman–Crippen MR) is 78.3 cm³/mol. The Hall–Kier alpha value is -1.27. The lowest BCUT2D eigenvalue weighted by molar-refractivity contribution is 0.531. The number of hydrogen-bond acceptors (Lipinski definition) is 4. The first-order valence-electron chi connectivity index (χ1n) is 6.42. The molecule has 1 heterocycles. The van der Waals surface area contributed by atoms with Gasteiger partial charge >= 0.3 is 0 Å². The third kappa shape index (κ3) is 3.01. The third-order valence-corrected chi connectivity index (χ3v) is 3.91. The molecule has 0 fully saturated rings. The lowest BCUT2D eigenvalue weighted by Crippen LogP contribution is -2.23. The normalized spacial score (nSPS) is 12.6. The van der Waals surface area contributed by atoms with E-state index in [4.69, 9.17) is 0 Å². The van der Waals surface area contributed by atoms with E-state index in [0.717, 1.165) is 34.5 Å². The van der Waals surface area contributed by atoms with Crippen LogP contribution >= 0.6 is 15.9 Å². The van der Waals surface area contributed by atoms with E-state index in [9.17, 15) is 0 Å². The molecule has 1 aromatic heterocycles. The monoisotopic (exact) mass is 323 g/mol. The minimum atomic E-state index is 0.119. The summed E-state index contributed by atoms with van der Waals surface area (Å²) >= 11 is 3.54. The van der Waals surface area contributed by atoms with Crippen LogP contribution in [0.2, 0.25) is 0 Å². The highest BCUT2D eigenvalue weighted by Crippen LogP contribution is 2.23. The van der Waals surface area contributed by atoms with Crippen molar-refractivity contribution in [1.82, 2.24) is 25.5 Å². The van der Waals surface area contributed by atoms with E-state index in [1.54, 1.807) is 4.68 Å². The Morgan fingerprint density at radius 2 is 2.21 bits per heavy atom. The first kappa shape index (κ1) is 14.1. The van der Waals surface area contributed by atoms with E-state index >= 15 is 0 Å². The minimum Gasteiger partial charge on any atom is -0.307 e. The summed E-state index contributed by atoms with van der Waals surface area (Å²) < 4.78 is 2.86. The van der Waals surface area contributed by atoms with E-state index in [0.29, 0.717) is 0 Å². The lowest BCUT2D eigenvalue weighted by atomic mass is 10.2. The summed E-state index contributed by atoms with van der Waals surface area (Å²) in [5, 5.41) is 15.5. The van der Waals surface area contributed by atoms with Crippen molar-refractivity contribution in [3.05, 3.63) is 34.1 Å². The molecule has 1 atom stereocenters. The average Bonchev–Trinajstić information content (AvgIpc) is 2.88. The first-order valence-corrected chi connectivity index (χ1v) is 7.21. The standard InChI is InChI=1S/C13H18BrN5/c1-4-8-15-10(3)13-16-17-18-19(13)12-7-5-6-11(14)9(12)2/h5-7,10,15H,4,8H2,1-3H3. The molecule has 1 unspecified atom stereocenters. The summed E-state index contributed by atoms with van der Waals surface area (Å²) in [6, 6.07) is 6.14. The van der Waals surface area contributed by atoms with Crippen molar-refractivity contribution in [3.63, 3.8) is 0 Å². The zero-order valence-corrected chi connectivity index (χ0v) is 13.0. The molecule has 5 nitrogen and oxygen atoms in total. The van der Waals surface area contributed by atoms with Crippen molar-refractivity contribution in [3.8, 4) is 5.69 Å². The summed E-state index contributed by atoms with van der Waals surface area (Å²) in [5.74, 6) is 0.828. The molecule has 0 saturated heterocycles. The smallest absolute Gasteiger partial charge is 0.173 e.